The van der Waals surface area contributed by atoms with Gasteiger partial charge in [0, 0.05) is 13.9 Å². The maximum absolute atomic E-state index is 9.12. The highest BCUT2D eigenvalue weighted by molar-refractivity contribution is 7.75. The first-order chi connectivity index (χ1) is 10.2. The van der Waals surface area contributed by atoms with Gasteiger partial charge in [0.15, 0.2) is 0 Å². The maximum atomic E-state index is 9.12. The molecule has 21 heavy (non-hydrogen) atoms. The molecule has 0 rings (SSSR count). The van der Waals surface area contributed by atoms with Crippen LogP contribution in [0.2, 0.25) is 0 Å². The van der Waals surface area contributed by atoms with Gasteiger partial charge in [-0.3, -0.25) is 0 Å². The van der Waals surface area contributed by atoms with E-state index in [2.05, 4.69) is 20.8 Å². The Morgan fingerprint density at radius 2 is 0.857 bits per heavy atom. The largest absolute Gasteiger partial charge is 0.396 e. The van der Waals surface area contributed by atoms with Gasteiger partial charge in [-0.2, -0.15) is 0 Å². The molecule has 0 unspecified atom stereocenters. The number of hydrogen-bond acceptors (Lipinski definition) is 1. The summed E-state index contributed by atoms with van der Waals surface area (Å²) in [5.74, 6) is 0. The van der Waals surface area contributed by atoms with Crippen molar-refractivity contribution in [1.82, 2.24) is 0 Å². The standard InChI is InChI=1S/C19H42OP/c1-4-7-11-16-21(17-12-8-5-2,18-13-9-6-3)19-14-10-15-20/h20H,4-19H2,1-3H3/q+1. The van der Waals surface area contributed by atoms with E-state index in [-0.39, 0.29) is 0 Å². The minimum absolute atomic E-state index is 0.388. The molecule has 0 saturated heterocycles. The van der Waals surface area contributed by atoms with Crippen molar-refractivity contribution in [2.75, 3.05) is 31.3 Å². The van der Waals surface area contributed by atoms with Crippen molar-refractivity contribution >= 4 is 7.26 Å². The van der Waals surface area contributed by atoms with E-state index < -0.39 is 7.26 Å². The number of aliphatic hydroxyl groups is 1. The van der Waals surface area contributed by atoms with Gasteiger partial charge in [0.05, 0.1) is 24.6 Å². The second kappa shape index (κ2) is 15.3. The Morgan fingerprint density at radius 3 is 1.14 bits per heavy atom. The number of hydrogen-bond donors (Lipinski definition) is 1. The fourth-order valence-corrected chi connectivity index (χ4v) is 8.24. The zero-order valence-corrected chi connectivity index (χ0v) is 16.1. The van der Waals surface area contributed by atoms with Crippen molar-refractivity contribution in [3.63, 3.8) is 0 Å². The third-order valence-electron chi connectivity index (χ3n) is 4.75. The fraction of sp³-hybridized carbons (Fsp3) is 1.00. The van der Waals surface area contributed by atoms with Crippen LogP contribution in [0.5, 0.6) is 0 Å². The van der Waals surface area contributed by atoms with E-state index in [0.717, 1.165) is 6.42 Å². The molecule has 0 atom stereocenters. The van der Waals surface area contributed by atoms with Crippen LogP contribution in [0.15, 0.2) is 0 Å². The van der Waals surface area contributed by atoms with Gasteiger partial charge in [0.2, 0.25) is 0 Å². The number of aliphatic hydroxyl groups excluding tert-OH is 1. The summed E-state index contributed by atoms with van der Waals surface area (Å²) < 4.78 is 0. The van der Waals surface area contributed by atoms with Crippen LogP contribution in [0, 0.1) is 0 Å². The smallest absolute Gasteiger partial charge is 0.0595 e. The van der Waals surface area contributed by atoms with Crippen molar-refractivity contribution in [1.29, 1.82) is 0 Å². The maximum Gasteiger partial charge on any atom is 0.0595 e. The third kappa shape index (κ3) is 11.6. The van der Waals surface area contributed by atoms with E-state index in [1.807, 2.05) is 0 Å². The summed E-state index contributed by atoms with van der Waals surface area (Å²) in [6.07, 6.45) is 21.1. The first kappa shape index (κ1) is 21.4. The van der Waals surface area contributed by atoms with Gasteiger partial charge in [0.1, 0.15) is 0 Å². The minimum atomic E-state index is -0.726. The molecule has 2 heteroatoms. The Morgan fingerprint density at radius 1 is 0.524 bits per heavy atom. The molecule has 1 N–H and O–H groups in total. The zero-order valence-electron chi connectivity index (χ0n) is 15.2. The van der Waals surface area contributed by atoms with Gasteiger partial charge >= 0.3 is 0 Å². The first-order valence-corrected chi connectivity index (χ1v) is 12.2. The molecule has 0 aromatic rings. The molecule has 0 aliphatic rings. The van der Waals surface area contributed by atoms with E-state index in [4.69, 9.17) is 5.11 Å². The summed E-state index contributed by atoms with van der Waals surface area (Å²) in [6.45, 7) is 7.35. The molecule has 0 spiro atoms. The molecular formula is C19H42OP+. The molecule has 0 aliphatic carbocycles. The van der Waals surface area contributed by atoms with Crippen LogP contribution < -0.4 is 0 Å². The quantitative estimate of drug-likeness (QED) is 0.260. The average molecular weight is 318 g/mol. The lowest BCUT2D eigenvalue weighted by Crippen LogP contribution is -2.13. The predicted molar refractivity (Wildman–Crippen MR) is 101 cm³/mol. The SMILES string of the molecule is CCCCC[P+](CCCCC)(CCCCC)CCCCO. The normalized spacial score (nSPS) is 12.0. The fourth-order valence-electron chi connectivity index (χ4n) is 3.32. The van der Waals surface area contributed by atoms with Crippen LogP contribution in [-0.2, 0) is 0 Å². The van der Waals surface area contributed by atoms with E-state index in [1.54, 1.807) is 18.5 Å². The Hall–Kier alpha value is 0.390. The number of rotatable bonds is 16. The van der Waals surface area contributed by atoms with E-state index >= 15 is 0 Å². The van der Waals surface area contributed by atoms with Gasteiger partial charge in [-0.15, -0.1) is 0 Å². The molecule has 1 nitrogen and oxygen atoms in total. The summed E-state index contributed by atoms with van der Waals surface area (Å²) >= 11 is 0. The summed E-state index contributed by atoms with van der Waals surface area (Å²) in [5, 5.41) is 9.12. The highest BCUT2D eigenvalue weighted by atomic mass is 31.2. The van der Waals surface area contributed by atoms with Crippen LogP contribution in [0.25, 0.3) is 0 Å². The Labute approximate surface area is 135 Å². The molecule has 0 aromatic carbocycles. The summed E-state index contributed by atoms with van der Waals surface area (Å²) in [5.41, 5.74) is 0. The monoisotopic (exact) mass is 317 g/mol. The van der Waals surface area contributed by atoms with E-state index in [1.165, 1.54) is 70.4 Å². The van der Waals surface area contributed by atoms with Gasteiger partial charge < -0.3 is 5.11 Å². The van der Waals surface area contributed by atoms with Crippen molar-refractivity contribution in [2.45, 2.75) is 91.4 Å². The average Bonchev–Trinajstić information content (AvgIpc) is 2.48. The highest BCUT2D eigenvalue weighted by Crippen LogP contribution is 2.61. The molecule has 0 fully saturated rings. The molecule has 0 radical (unpaired) electrons. The minimum Gasteiger partial charge on any atom is -0.396 e. The molecule has 0 heterocycles. The Bertz CT molecular complexity index is 160. The Balaban J connectivity index is 4.52. The van der Waals surface area contributed by atoms with Gasteiger partial charge in [0.25, 0.3) is 0 Å². The molecule has 0 bridgehead atoms. The Kier molecular flexibility index (Phi) is 15.6. The topological polar surface area (TPSA) is 20.2 Å². The second-order valence-corrected chi connectivity index (χ2v) is 11.3. The van der Waals surface area contributed by atoms with Gasteiger partial charge in [-0.25, -0.2) is 0 Å². The van der Waals surface area contributed by atoms with E-state index in [9.17, 15) is 0 Å². The number of unbranched alkanes of at least 4 members (excludes halogenated alkanes) is 7. The van der Waals surface area contributed by atoms with Crippen LogP contribution in [0.4, 0.5) is 0 Å². The third-order valence-corrected chi connectivity index (χ3v) is 9.81. The van der Waals surface area contributed by atoms with Crippen molar-refractivity contribution in [3.05, 3.63) is 0 Å². The summed E-state index contributed by atoms with van der Waals surface area (Å²) in [4.78, 5) is 0. The summed E-state index contributed by atoms with van der Waals surface area (Å²) in [7, 11) is -0.726. The molecule has 0 saturated carbocycles. The van der Waals surface area contributed by atoms with Gasteiger partial charge in [-0.1, -0.05) is 59.3 Å². The molecular weight excluding hydrogens is 275 g/mol. The molecule has 0 amide bonds. The molecule has 0 aromatic heterocycles. The highest BCUT2D eigenvalue weighted by Gasteiger charge is 2.34. The van der Waals surface area contributed by atoms with Crippen molar-refractivity contribution in [2.24, 2.45) is 0 Å². The summed E-state index contributed by atoms with van der Waals surface area (Å²) in [6, 6.07) is 0. The van der Waals surface area contributed by atoms with Crippen molar-refractivity contribution in [3.8, 4) is 0 Å². The lowest BCUT2D eigenvalue weighted by Gasteiger charge is -2.28. The predicted octanol–water partition coefficient (Wildman–Crippen LogP) is 6.35. The van der Waals surface area contributed by atoms with Crippen LogP contribution >= 0.6 is 7.26 Å². The van der Waals surface area contributed by atoms with Crippen LogP contribution in [0.3, 0.4) is 0 Å². The van der Waals surface area contributed by atoms with Crippen molar-refractivity contribution < 1.29 is 5.11 Å². The molecule has 0 aliphatic heterocycles. The second-order valence-electron chi connectivity index (χ2n) is 6.79. The first-order valence-electron chi connectivity index (χ1n) is 9.70. The van der Waals surface area contributed by atoms with Crippen LogP contribution in [0.1, 0.15) is 91.4 Å². The lowest BCUT2D eigenvalue weighted by molar-refractivity contribution is 0.287. The van der Waals surface area contributed by atoms with Gasteiger partial charge in [-0.05, 0) is 32.1 Å². The van der Waals surface area contributed by atoms with Crippen LogP contribution in [-0.4, -0.2) is 36.4 Å². The molecule has 128 valence electrons. The lowest BCUT2D eigenvalue weighted by atomic mass is 10.3. The van der Waals surface area contributed by atoms with E-state index in [0.29, 0.717) is 6.61 Å². The zero-order chi connectivity index (χ0) is 15.8.